The Hall–Kier alpha value is -1.88. The van der Waals surface area contributed by atoms with Crippen molar-refractivity contribution in [1.29, 1.82) is 0 Å². The van der Waals surface area contributed by atoms with Gasteiger partial charge in [-0.1, -0.05) is 44.2 Å². The minimum atomic E-state index is -0.541. The summed E-state index contributed by atoms with van der Waals surface area (Å²) in [5.41, 5.74) is 0.830. The molecule has 5 heteroatoms. The van der Waals surface area contributed by atoms with E-state index in [1.165, 1.54) is 4.90 Å². The Labute approximate surface area is 119 Å². The first-order chi connectivity index (χ1) is 9.67. The second kappa shape index (κ2) is 6.52. The van der Waals surface area contributed by atoms with Crippen molar-refractivity contribution in [3.8, 4) is 0 Å². The number of nitrogens with one attached hydrogen (secondary N) is 1. The van der Waals surface area contributed by atoms with Gasteiger partial charge < -0.3 is 10.2 Å². The molecular formula is C15H21N3O2. The Bertz CT molecular complexity index is 471. The summed E-state index contributed by atoms with van der Waals surface area (Å²) in [4.78, 5) is 27.8. The maximum absolute atomic E-state index is 12.3. The number of hydrogen-bond acceptors (Lipinski definition) is 3. The fraction of sp³-hybridized carbons (Fsp3) is 0.467. The molecule has 0 aliphatic carbocycles. The zero-order valence-corrected chi connectivity index (χ0v) is 12.0. The van der Waals surface area contributed by atoms with Crippen molar-refractivity contribution in [3.63, 3.8) is 0 Å². The molecule has 1 atom stereocenters. The predicted octanol–water partition coefficient (Wildman–Crippen LogP) is 1.62. The predicted molar refractivity (Wildman–Crippen MR) is 77.2 cm³/mol. The number of nitrogens with zero attached hydrogens (tertiary/aromatic N) is 2. The molecule has 20 heavy (non-hydrogen) atoms. The number of hydrogen-bond donors (Lipinski definition) is 1. The molecule has 0 spiro atoms. The fourth-order valence-electron chi connectivity index (χ4n) is 2.38. The molecule has 0 saturated carbocycles. The summed E-state index contributed by atoms with van der Waals surface area (Å²) in [6, 6.07) is 8.51. The lowest BCUT2D eigenvalue weighted by atomic mass is 10.1. The van der Waals surface area contributed by atoms with Crippen LogP contribution in [0.15, 0.2) is 30.3 Å². The van der Waals surface area contributed by atoms with E-state index >= 15 is 0 Å². The average molecular weight is 275 g/mol. The van der Waals surface area contributed by atoms with E-state index in [1.807, 2.05) is 30.3 Å². The Kier molecular flexibility index (Phi) is 4.74. The van der Waals surface area contributed by atoms with Crippen molar-refractivity contribution in [3.05, 3.63) is 35.9 Å². The van der Waals surface area contributed by atoms with E-state index in [4.69, 9.17) is 0 Å². The second-order valence-corrected chi connectivity index (χ2v) is 4.81. The Morgan fingerprint density at radius 2 is 1.80 bits per heavy atom. The van der Waals surface area contributed by atoms with E-state index in [9.17, 15) is 9.59 Å². The van der Waals surface area contributed by atoms with Crippen LogP contribution in [-0.2, 0) is 4.79 Å². The van der Waals surface area contributed by atoms with Crippen LogP contribution in [0.4, 0.5) is 4.79 Å². The average Bonchev–Trinajstić information content (AvgIpc) is 2.77. The highest BCUT2D eigenvalue weighted by atomic mass is 16.2. The van der Waals surface area contributed by atoms with Crippen LogP contribution in [0, 0.1) is 0 Å². The van der Waals surface area contributed by atoms with Gasteiger partial charge in [0.15, 0.2) is 0 Å². The summed E-state index contributed by atoms with van der Waals surface area (Å²) >= 11 is 0. The number of urea groups is 1. The van der Waals surface area contributed by atoms with Gasteiger partial charge in [0.2, 0.25) is 0 Å². The van der Waals surface area contributed by atoms with Crippen molar-refractivity contribution >= 4 is 11.9 Å². The number of likely N-dealkylation sites (N-methyl/N-ethyl adjacent to an activating group) is 1. The van der Waals surface area contributed by atoms with Crippen LogP contribution in [0.2, 0.25) is 0 Å². The maximum Gasteiger partial charge on any atom is 0.325 e. The number of carbonyl (C=O) groups excluding carboxylic acids is 2. The lowest BCUT2D eigenvalue weighted by Crippen LogP contribution is -2.38. The molecule has 108 valence electrons. The zero-order chi connectivity index (χ0) is 14.5. The standard InChI is InChI=1S/C15H21N3O2/c1-3-17(4-2)10-11-18-14(19)13(16-15(18)20)12-8-6-5-7-9-12/h5-9,13H,3-4,10-11H2,1-2H3,(H,16,20)/t13-/m1/s1. The van der Waals surface area contributed by atoms with Gasteiger partial charge in [-0.05, 0) is 18.7 Å². The maximum atomic E-state index is 12.3. The van der Waals surface area contributed by atoms with Crippen molar-refractivity contribution in [2.75, 3.05) is 26.2 Å². The van der Waals surface area contributed by atoms with Gasteiger partial charge in [0, 0.05) is 13.1 Å². The molecule has 2 rings (SSSR count). The van der Waals surface area contributed by atoms with Crippen molar-refractivity contribution in [2.45, 2.75) is 19.9 Å². The van der Waals surface area contributed by atoms with Crippen LogP contribution >= 0.6 is 0 Å². The first kappa shape index (κ1) is 14.5. The highest BCUT2D eigenvalue weighted by Gasteiger charge is 2.38. The molecule has 5 nitrogen and oxygen atoms in total. The molecular weight excluding hydrogens is 254 g/mol. The van der Waals surface area contributed by atoms with Crippen LogP contribution in [0.5, 0.6) is 0 Å². The van der Waals surface area contributed by atoms with Gasteiger partial charge >= 0.3 is 6.03 Å². The molecule has 3 amide bonds. The van der Waals surface area contributed by atoms with Gasteiger partial charge in [-0.25, -0.2) is 4.79 Å². The SMILES string of the molecule is CCN(CC)CCN1C(=O)N[C@H](c2ccccc2)C1=O. The van der Waals surface area contributed by atoms with Gasteiger partial charge in [0.25, 0.3) is 5.91 Å². The van der Waals surface area contributed by atoms with Gasteiger partial charge in [-0.2, -0.15) is 0 Å². The summed E-state index contributed by atoms with van der Waals surface area (Å²) in [6.45, 7) is 7.14. The van der Waals surface area contributed by atoms with E-state index in [0.29, 0.717) is 13.1 Å². The van der Waals surface area contributed by atoms with Gasteiger partial charge in [0.1, 0.15) is 6.04 Å². The van der Waals surface area contributed by atoms with E-state index in [1.54, 1.807) is 0 Å². The monoisotopic (exact) mass is 275 g/mol. The quantitative estimate of drug-likeness (QED) is 0.803. The number of benzene rings is 1. The third-order valence-electron chi connectivity index (χ3n) is 3.69. The molecule has 1 saturated heterocycles. The largest absolute Gasteiger partial charge is 0.325 e. The molecule has 1 N–H and O–H groups in total. The van der Waals surface area contributed by atoms with Crippen LogP contribution in [0.3, 0.4) is 0 Å². The highest BCUT2D eigenvalue weighted by molar-refractivity contribution is 6.04. The molecule has 1 aromatic carbocycles. The van der Waals surface area contributed by atoms with Gasteiger partial charge in [-0.3, -0.25) is 9.69 Å². The van der Waals surface area contributed by atoms with Crippen molar-refractivity contribution in [1.82, 2.24) is 15.1 Å². The smallest absolute Gasteiger partial charge is 0.322 e. The summed E-state index contributed by atoms with van der Waals surface area (Å²) < 4.78 is 0. The van der Waals surface area contributed by atoms with E-state index in [2.05, 4.69) is 24.1 Å². The van der Waals surface area contributed by atoms with E-state index in [0.717, 1.165) is 18.7 Å². The van der Waals surface area contributed by atoms with E-state index < -0.39 is 6.04 Å². The van der Waals surface area contributed by atoms with Gasteiger partial charge in [-0.15, -0.1) is 0 Å². The number of imide groups is 1. The summed E-state index contributed by atoms with van der Waals surface area (Å²) in [6.07, 6.45) is 0. The summed E-state index contributed by atoms with van der Waals surface area (Å²) in [7, 11) is 0. The number of carbonyl (C=O) groups is 2. The van der Waals surface area contributed by atoms with Crippen molar-refractivity contribution < 1.29 is 9.59 Å². The third-order valence-corrected chi connectivity index (χ3v) is 3.69. The minimum Gasteiger partial charge on any atom is -0.322 e. The summed E-state index contributed by atoms with van der Waals surface area (Å²) in [5.74, 6) is -0.159. The topological polar surface area (TPSA) is 52.6 Å². The second-order valence-electron chi connectivity index (χ2n) is 4.81. The number of rotatable bonds is 6. The normalized spacial score (nSPS) is 18.8. The fourth-order valence-corrected chi connectivity index (χ4v) is 2.38. The zero-order valence-electron chi connectivity index (χ0n) is 12.0. The van der Waals surface area contributed by atoms with E-state index in [-0.39, 0.29) is 11.9 Å². The third kappa shape index (κ3) is 2.99. The van der Waals surface area contributed by atoms with Crippen LogP contribution in [0.25, 0.3) is 0 Å². The molecule has 1 aliphatic heterocycles. The lowest BCUT2D eigenvalue weighted by Gasteiger charge is -2.21. The minimum absolute atomic E-state index is 0.159. The van der Waals surface area contributed by atoms with Crippen LogP contribution < -0.4 is 5.32 Å². The molecule has 1 heterocycles. The molecule has 1 aromatic rings. The molecule has 1 fully saturated rings. The first-order valence-electron chi connectivity index (χ1n) is 7.06. The molecule has 0 unspecified atom stereocenters. The van der Waals surface area contributed by atoms with Crippen LogP contribution in [-0.4, -0.2) is 47.9 Å². The Morgan fingerprint density at radius 3 is 2.40 bits per heavy atom. The molecule has 0 bridgehead atoms. The van der Waals surface area contributed by atoms with Crippen LogP contribution in [0.1, 0.15) is 25.5 Å². The molecule has 0 aromatic heterocycles. The number of amides is 3. The van der Waals surface area contributed by atoms with Crippen molar-refractivity contribution in [2.24, 2.45) is 0 Å². The molecule has 0 radical (unpaired) electrons. The first-order valence-corrected chi connectivity index (χ1v) is 7.06. The highest BCUT2D eigenvalue weighted by Crippen LogP contribution is 2.21. The molecule has 1 aliphatic rings. The Balaban J connectivity index is 2.02. The lowest BCUT2D eigenvalue weighted by molar-refractivity contribution is -0.127. The Morgan fingerprint density at radius 1 is 1.15 bits per heavy atom. The van der Waals surface area contributed by atoms with Gasteiger partial charge in [0.05, 0.1) is 0 Å². The summed E-state index contributed by atoms with van der Waals surface area (Å²) in [5, 5.41) is 2.75.